The summed E-state index contributed by atoms with van der Waals surface area (Å²) in [5.74, 6) is 0.200. The summed E-state index contributed by atoms with van der Waals surface area (Å²) in [5.41, 5.74) is 2.47. The molecule has 0 bridgehead atoms. The molecule has 2 aliphatic heterocycles. The maximum Gasteiger partial charge on any atom is 0.243 e. The van der Waals surface area contributed by atoms with Crippen molar-refractivity contribution in [1.29, 1.82) is 0 Å². The van der Waals surface area contributed by atoms with Gasteiger partial charge in [-0.05, 0) is 68.2 Å². The van der Waals surface area contributed by atoms with E-state index in [4.69, 9.17) is 0 Å². The number of carbonyl (C=O) groups excluding carboxylic acids is 1. The molecule has 160 valence electrons. The largest absolute Gasteiger partial charge is 0.339 e. The topological polar surface area (TPSA) is 60.9 Å². The third-order valence-electron chi connectivity index (χ3n) is 6.82. The smallest absolute Gasteiger partial charge is 0.243 e. The molecule has 29 heavy (non-hydrogen) atoms. The third-order valence-corrected chi connectivity index (χ3v) is 8.71. The minimum absolute atomic E-state index is 0.200. The van der Waals surface area contributed by atoms with Gasteiger partial charge in [-0.1, -0.05) is 13.0 Å². The van der Waals surface area contributed by atoms with Gasteiger partial charge in [0.25, 0.3) is 0 Å². The Morgan fingerprint density at radius 1 is 1.00 bits per heavy atom. The second-order valence-electron chi connectivity index (χ2n) is 8.61. The van der Waals surface area contributed by atoms with E-state index in [2.05, 4.69) is 16.7 Å². The quantitative estimate of drug-likeness (QED) is 0.735. The molecule has 7 heteroatoms. The van der Waals surface area contributed by atoms with Crippen molar-refractivity contribution in [3.63, 3.8) is 0 Å². The normalized spacial score (nSPS) is 23.9. The SMILES string of the molecule is CC[C@@H]1CCCCN1C(=O)CN1CCN(S(=O)(=O)c2ccc3c(c2)CCC3)CC1. The first-order chi connectivity index (χ1) is 14.0. The van der Waals surface area contributed by atoms with Crippen molar-refractivity contribution in [2.75, 3.05) is 39.3 Å². The van der Waals surface area contributed by atoms with Gasteiger partial charge in [-0.25, -0.2) is 8.42 Å². The molecule has 1 aliphatic carbocycles. The third kappa shape index (κ3) is 4.37. The van der Waals surface area contributed by atoms with Gasteiger partial charge in [0.1, 0.15) is 0 Å². The summed E-state index contributed by atoms with van der Waals surface area (Å²) in [4.78, 5) is 17.4. The molecule has 1 amide bonds. The number of hydrogen-bond acceptors (Lipinski definition) is 4. The zero-order valence-electron chi connectivity index (χ0n) is 17.5. The monoisotopic (exact) mass is 419 g/mol. The molecule has 0 aromatic heterocycles. The number of rotatable bonds is 5. The van der Waals surface area contributed by atoms with Gasteiger partial charge in [0.2, 0.25) is 15.9 Å². The average molecular weight is 420 g/mol. The summed E-state index contributed by atoms with van der Waals surface area (Å²) >= 11 is 0. The lowest BCUT2D eigenvalue weighted by Gasteiger charge is -2.38. The van der Waals surface area contributed by atoms with Crippen LogP contribution in [0.1, 0.15) is 50.2 Å². The van der Waals surface area contributed by atoms with E-state index in [1.165, 1.54) is 17.5 Å². The van der Waals surface area contributed by atoms with Crippen molar-refractivity contribution in [1.82, 2.24) is 14.1 Å². The fourth-order valence-corrected chi connectivity index (χ4v) is 6.49. The summed E-state index contributed by atoms with van der Waals surface area (Å²) in [5, 5.41) is 0. The van der Waals surface area contributed by atoms with Gasteiger partial charge in [0, 0.05) is 38.8 Å². The highest BCUT2D eigenvalue weighted by molar-refractivity contribution is 7.89. The highest BCUT2D eigenvalue weighted by Gasteiger charge is 2.31. The van der Waals surface area contributed by atoms with Crippen LogP contribution in [0.4, 0.5) is 0 Å². The van der Waals surface area contributed by atoms with Crippen LogP contribution in [0.3, 0.4) is 0 Å². The van der Waals surface area contributed by atoms with E-state index >= 15 is 0 Å². The molecular formula is C22H33N3O3S. The second kappa shape index (κ2) is 8.74. The Kier molecular flexibility index (Phi) is 6.27. The molecule has 0 unspecified atom stereocenters. The highest BCUT2D eigenvalue weighted by atomic mass is 32.2. The molecule has 3 aliphatic rings. The van der Waals surface area contributed by atoms with Crippen LogP contribution in [-0.4, -0.2) is 73.7 Å². The van der Waals surface area contributed by atoms with Crippen molar-refractivity contribution in [3.05, 3.63) is 29.3 Å². The van der Waals surface area contributed by atoms with E-state index in [0.717, 1.165) is 45.1 Å². The molecule has 0 radical (unpaired) electrons. The zero-order chi connectivity index (χ0) is 20.4. The molecule has 1 aromatic rings. The van der Waals surface area contributed by atoms with E-state index in [1.54, 1.807) is 10.4 Å². The van der Waals surface area contributed by atoms with E-state index < -0.39 is 10.0 Å². The number of piperidine rings is 1. The number of hydrogen-bond donors (Lipinski definition) is 0. The van der Waals surface area contributed by atoms with Gasteiger partial charge >= 0.3 is 0 Å². The number of amides is 1. The van der Waals surface area contributed by atoms with E-state index in [-0.39, 0.29) is 5.91 Å². The molecule has 0 saturated carbocycles. The number of carbonyl (C=O) groups is 1. The van der Waals surface area contributed by atoms with Crippen LogP contribution in [0.5, 0.6) is 0 Å². The summed E-state index contributed by atoms with van der Waals surface area (Å²) in [6.07, 6.45) is 7.56. The molecule has 4 rings (SSSR count). The minimum Gasteiger partial charge on any atom is -0.339 e. The van der Waals surface area contributed by atoms with Crippen molar-refractivity contribution in [2.24, 2.45) is 0 Å². The number of aryl methyl sites for hydroxylation is 2. The Labute approximate surface area is 174 Å². The maximum atomic E-state index is 13.1. The number of nitrogens with zero attached hydrogens (tertiary/aromatic N) is 3. The molecule has 6 nitrogen and oxygen atoms in total. The fraction of sp³-hybridized carbons (Fsp3) is 0.682. The summed E-state index contributed by atoms with van der Waals surface area (Å²) in [6.45, 7) is 5.54. The molecule has 2 heterocycles. The van der Waals surface area contributed by atoms with Crippen LogP contribution in [0.25, 0.3) is 0 Å². The number of benzene rings is 1. The summed E-state index contributed by atoms with van der Waals surface area (Å²) in [7, 11) is -3.46. The Morgan fingerprint density at radius 2 is 1.76 bits per heavy atom. The predicted molar refractivity (Wildman–Crippen MR) is 113 cm³/mol. The fourth-order valence-electron chi connectivity index (χ4n) is 5.02. The zero-order valence-corrected chi connectivity index (χ0v) is 18.3. The van der Waals surface area contributed by atoms with Gasteiger partial charge in [0.15, 0.2) is 0 Å². The van der Waals surface area contributed by atoms with Crippen molar-refractivity contribution >= 4 is 15.9 Å². The van der Waals surface area contributed by atoms with Crippen LogP contribution < -0.4 is 0 Å². The Bertz CT molecular complexity index is 847. The predicted octanol–water partition coefficient (Wildman–Crippen LogP) is 2.27. The van der Waals surface area contributed by atoms with Crippen LogP contribution in [0.15, 0.2) is 23.1 Å². The molecule has 2 saturated heterocycles. The molecular weight excluding hydrogens is 386 g/mol. The lowest BCUT2D eigenvalue weighted by atomic mass is 10.00. The number of sulfonamides is 1. The Morgan fingerprint density at radius 3 is 2.52 bits per heavy atom. The van der Waals surface area contributed by atoms with Gasteiger partial charge in [0.05, 0.1) is 11.4 Å². The molecule has 0 spiro atoms. The second-order valence-corrected chi connectivity index (χ2v) is 10.5. The lowest BCUT2D eigenvalue weighted by Crippen LogP contribution is -2.53. The summed E-state index contributed by atoms with van der Waals surface area (Å²) in [6, 6.07) is 5.98. The first kappa shape index (κ1) is 20.8. The van der Waals surface area contributed by atoms with Gasteiger partial charge in [-0.15, -0.1) is 0 Å². The van der Waals surface area contributed by atoms with Gasteiger partial charge in [-0.2, -0.15) is 4.31 Å². The van der Waals surface area contributed by atoms with E-state index in [1.807, 2.05) is 12.1 Å². The molecule has 0 N–H and O–H groups in total. The van der Waals surface area contributed by atoms with Gasteiger partial charge in [-0.3, -0.25) is 9.69 Å². The highest BCUT2D eigenvalue weighted by Crippen LogP contribution is 2.27. The van der Waals surface area contributed by atoms with E-state index in [0.29, 0.717) is 43.7 Å². The van der Waals surface area contributed by atoms with E-state index in [9.17, 15) is 13.2 Å². The van der Waals surface area contributed by atoms with Crippen molar-refractivity contribution in [2.45, 2.75) is 62.8 Å². The molecule has 1 atom stereocenters. The first-order valence-electron chi connectivity index (χ1n) is 11.1. The molecule has 2 fully saturated rings. The first-order valence-corrected chi connectivity index (χ1v) is 12.6. The average Bonchev–Trinajstić information content (AvgIpc) is 3.22. The number of fused-ring (bicyclic) bond motifs is 1. The number of piperazine rings is 1. The summed E-state index contributed by atoms with van der Waals surface area (Å²) < 4.78 is 27.7. The van der Waals surface area contributed by atoms with Crippen LogP contribution in [-0.2, 0) is 27.7 Å². The number of likely N-dealkylation sites (tertiary alicyclic amines) is 1. The lowest BCUT2D eigenvalue weighted by molar-refractivity contribution is -0.136. The maximum absolute atomic E-state index is 13.1. The minimum atomic E-state index is -3.46. The van der Waals surface area contributed by atoms with Gasteiger partial charge < -0.3 is 4.90 Å². The van der Waals surface area contributed by atoms with Crippen molar-refractivity contribution < 1.29 is 13.2 Å². The molecule has 1 aromatic carbocycles. The van der Waals surface area contributed by atoms with Crippen LogP contribution in [0.2, 0.25) is 0 Å². The van der Waals surface area contributed by atoms with Crippen molar-refractivity contribution in [3.8, 4) is 0 Å². The van der Waals surface area contributed by atoms with Crippen LogP contribution >= 0.6 is 0 Å². The Hall–Kier alpha value is -1.44. The standard InChI is InChI=1S/C22H33N3O3S/c1-2-20-8-3-4-11-25(20)22(26)17-23-12-14-24(15-13-23)29(27,28)21-10-9-18-6-5-7-19(18)16-21/h9-10,16,20H,2-8,11-15,17H2,1H3/t20-/m1/s1. The Balaban J connectivity index is 1.34. The van der Waals surface area contributed by atoms with Crippen LogP contribution in [0, 0.1) is 0 Å².